The number of ether oxygens (including phenoxy) is 2. The topological polar surface area (TPSA) is 44.5 Å². The van der Waals surface area contributed by atoms with Gasteiger partial charge in [0.1, 0.15) is 11.5 Å². The molecule has 1 heterocycles. The number of rotatable bonds is 11. The minimum atomic E-state index is 0. The van der Waals surface area contributed by atoms with Crippen molar-refractivity contribution in [2.45, 2.75) is 44.6 Å². The third-order valence-electron chi connectivity index (χ3n) is 7.72. The number of hydrogen-bond donors (Lipinski definition) is 1. The quantitative estimate of drug-likeness (QED) is 0.377. The molecule has 0 aromatic heterocycles. The van der Waals surface area contributed by atoms with Crippen LogP contribution in [-0.2, 0) is 12.8 Å². The van der Waals surface area contributed by atoms with Crippen LogP contribution in [0.25, 0.3) is 0 Å². The summed E-state index contributed by atoms with van der Waals surface area (Å²) >= 11 is 0. The molecule has 6 heteroatoms. The number of benzene rings is 3. The van der Waals surface area contributed by atoms with Gasteiger partial charge in [0.05, 0.1) is 52.4 Å². The fourth-order valence-electron chi connectivity index (χ4n) is 5.67. The minimum Gasteiger partial charge on any atom is -1.00 e. The molecule has 0 radical (unpaired) electrons. The molecule has 3 aromatic carbocycles. The van der Waals surface area contributed by atoms with E-state index in [1.54, 1.807) is 14.2 Å². The van der Waals surface area contributed by atoms with Crippen LogP contribution < -0.4 is 27.6 Å². The molecule has 1 fully saturated rings. The largest absolute Gasteiger partial charge is 1.00 e. The molecule has 0 spiro atoms. The highest BCUT2D eigenvalue weighted by Gasteiger charge is 2.43. The van der Waals surface area contributed by atoms with E-state index in [0.717, 1.165) is 41.9 Å². The van der Waals surface area contributed by atoms with Crippen LogP contribution in [0.3, 0.4) is 0 Å². The lowest BCUT2D eigenvalue weighted by Crippen LogP contribution is -3.00. The normalized spacial score (nSPS) is 17.9. The molecule has 2 atom stereocenters. The van der Waals surface area contributed by atoms with E-state index < -0.39 is 0 Å². The van der Waals surface area contributed by atoms with Crippen LogP contribution in [-0.4, -0.2) is 50.9 Å². The molecule has 2 N–H and O–H groups in total. The molecule has 0 aliphatic carbocycles. The van der Waals surface area contributed by atoms with Crippen LogP contribution in [0.15, 0.2) is 72.8 Å². The van der Waals surface area contributed by atoms with E-state index in [-0.39, 0.29) is 30.9 Å². The van der Waals surface area contributed by atoms with Gasteiger partial charge in [-0.2, -0.15) is 0 Å². The molecule has 1 aliphatic heterocycles. The lowest BCUT2D eigenvalue weighted by atomic mass is 9.94. The van der Waals surface area contributed by atoms with Crippen LogP contribution in [0.2, 0.25) is 0 Å². The van der Waals surface area contributed by atoms with E-state index in [0.29, 0.717) is 5.92 Å². The predicted molar refractivity (Wildman–Crippen MR) is 152 cm³/mol. The Kier molecular flexibility index (Phi) is 12.3. The highest BCUT2D eigenvalue weighted by Crippen LogP contribution is 2.33. The summed E-state index contributed by atoms with van der Waals surface area (Å²) in [5.41, 5.74) is 12.3. The molecule has 0 saturated carbocycles. The average molecular weight is 546 g/mol. The summed E-state index contributed by atoms with van der Waals surface area (Å²) in [5, 5.41) is 0. The molecule has 4 nitrogen and oxygen atoms in total. The van der Waals surface area contributed by atoms with Gasteiger partial charge < -0.3 is 32.1 Å². The van der Waals surface area contributed by atoms with Gasteiger partial charge in [0.15, 0.2) is 0 Å². The smallest absolute Gasteiger partial charge is 0.118 e. The molecule has 2 unspecified atom stereocenters. The maximum Gasteiger partial charge on any atom is 0.118 e. The molecular formula is C31H42Cl2N2O2. The summed E-state index contributed by atoms with van der Waals surface area (Å²) in [6.07, 6.45) is 4.52. The summed E-state index contributed by atoms with van der Waals surface area (Å²) in [6.45, 7) is 6.69. The van der Waals surface area contributed by atoms with Crippen molar-refractivity contribution in [3.05, 3.63) is 95.1 Å². The first-order chi connectivity index (χ1) is 17.0. The number of likely N-dealkylation sites (tertiary alicyclic amines) is 1. The summed E-state index contributed by atoms with van der Waals surface area (Å²) < 4.78 is 11.7. The standard InChI is InChI=1S/C31H41N2O2.2ClH/c1-24-8-14-27(15-9-24)30-22-33(23-31(30)32,20-4-6-25-10-16-28(34-2)17-11-25)21-5-7-26-12-18-29(35-3)19-13-26;;/h8-19,30-31H,4-7,20-23,32H2,1-3H3;2*1H/q+1;;/p-1. The molecular weight excluding hydrogens is 503 g/mol. The molecule has 202 valence electrons. The zero-order chi connectivity index (χ0) is 24.7. The third kappa shape index (κ3) is 8.38. The Labute approximate surface area is 235 Å². The first kappa shape index (κ1) is 31.0. The van der Waals surface area contributed by atoms with E-state index in [4.69, 9.17) is 15.2 Å². The fraction of sp³-hybridized carbons (Fsp3) is 0.419. The maximum atomic E-state index is 6.81. The maximum absolute atomic E-state index is 6.81. The molecule has 0 amide bonds. The summed E-state index contributed by atoms with van der Waals surface area (Å²) in [7, 11) is 3.44. The second kappa shape index (κ2) is 14.6. The third-order valence-corrected chi connectivity index (χ3v) is 7.72. The van der Waals surface area contributed by atoms with Gasteiger partial charge in [0, 0.05) is 12.8 Å². The fourth-order valence-corrected chi connectivity index (χ4v) is 5.67. The number of methoxy groups -OCH3 is 2. The van der Waals surface area contributed by atoms with Crippen LogP contribution >= 0.6 is 12.4 Å². The van der Waals surface area contributed by atoms with Gasteiger partial charge in [-0.15, -0.1) is 12.4 Å². The zero-order valence-corrected chi connectivity index (χ0v) is 23.9. The Morgan fingerprint density at radius 2 is 1.19 bits per heavy atom. The second-order valence-electron chi connectivity index (χ2n) is 10.2. The Morgan fingerprint density at radius 3 is 1.62 bits per heavy atom. The van der Waals surface area contributed by atoms with Crippen molar-refractivity contribution in [2.24, 2.45) is 5.73 Å². The summed E-state index contributed by atoms with van der Waals surface area (Å²) in [4.78, 5) is 0. The highest BCUT2D eigenvalue weighted by molar-refractivity contribution is 5.85. The predicted octanol–water partition coefficient (Wildman–Crippen LogP) is 2.94. The van der Waals surface area contributed by atoms with Crippen LogP contribution in [0.4, 0.5) is 0 Å². The molecule has 1 saturated heterocycles. The van der Waals surface area contributed by atoms with E-state index in [2.05, 4.69) is 79.7 Å². The van der Waals surface area contributed by atoms with Gasteiger partial charge >= 0.3 is 0 Å². The first-order valence-corrected chi connectivity index (χ1v) is 12.9. The Balaban J connectivity index is 0.00000241. The van der Waals surface area contributed by atoms with Crippen molar-refractivity contribution in [3.8, 4) is 11.5 Å². The number of nitrogens with zero attached hydrogens (tertiary/aromatic N) is 1. The zero-order valence-electron chi connectivity index (χ0n) is 22.4. The van der Waals surface area contributed by atoms with Crippen LogP contribution in [0.1, 0.15) is 41.0 Å². The van der Waals surface area contributed by atoms with Crippen molar-refractivity contribution in [1.29, 1.82) is 0 Å². The number of halogens is 2. The Bertz CT molecular complexity index is 1000. The average Bonchev–Trinajstić information content (AvgIpc) is 3.21. The number of aryl methyl sites for hydroxylation is 3. The van der Waals surface area contributed by atoms with Gasteiger partial charge in [-0.1, -0.05) is 54.1 Å². The number of quaternary nitrogens is 1. The SMILES string of the molecule is COc1ccc(CCC[N+]2(CCCc3ccc(OC)cc3)CC(N)C(c3ccc(C)cc3)C2)cc1.Cl.[Cl-]. The lowest BCUT2D eigenvalue weighted by molar-refractivity contribution is -0.918. The van der Waals surface area contributed by atoms with Crippen molar-refractivity contribution < 1.29 is 26.4 Å². The lowest BCUT2D eigenvalue weighted by Gasteiger charge is -2.35. The van der Waals surface area contributed by atoms with Crippen LogP contribution in [0.5, 0.6) is 11.5 Å². The minimum absolute atomic E-state index is 0. The second-order valence-corrected chi connectivity index (χ2v) is 10.2. The van der Waals surface area contributed by atoms with Crippen molar-refractivity contribution >= 4 is 12.4 Å². The first-order valence-electron chi connectivity index (χ1n) is 12.9. The molecule has 1 aliphatic rings. The summed E-state index contributed by atoms with van der Waals surface area (Å²) in [5.74, 6) is 2.27. The Morgan fingerprint density at radius 1 is 0.730 bits per heavy atom. The number of nitrogens with two attached hydrogens (primary N) is 1. The van der Waals surface area contributed by atoms with Crippen molar-refractivity contribution in [3.63, 3.8) is 0 Å². The Hall–Kier alpha value is -2.24. The van der Waals surface area contributed by atoms with Gasteiger partial charge in [-0.3, -0.25) is 0 Å². The molecule has 4 rings (SSSR count). The van der Waals surface area contributed by atoms with Crippen LogP contribution in [0, 0.1) is 6.92 Å². The van der Waals surface area contributed by atoms with Crippen molar-refractivity contribution in [2.75, 3.05) is 40.4 Å². The summed E-state index contributed by atoms with van der Waals surface area (Å²) in [6, 6.07) is 26.3. The van der Waals surface area contributed by atoms with E-state index in [9.17, 15) is 0 Å². The van der Waals surface area contributed by atoms with E-state index >= 15 is 0 Å². The van der Waals surface area contributed by atoms with Gasteiger partial charge in [0.2, 0.25) is 0 Å². The van der Waals surface area contributed by atoms with E-state index in [1.165, 1.54) is 48.2 Å². The van der Waals surface area contributed by atoms with Gasteiger partial charge in [-0.05, 0) is 60.7 Å². The molecule has 37 heavy (non-hydrogen) atoms. The molecule has 3 aromatic rings. The van der Waals surface area contributed by atoms with E-state index in [1.807, 2.05) is 0 Å². The van der Waals surface area contributed by atoms with Crippen molar-refractivity contribution in [1.82, 2.24) is 0 Å². The van der Waals surface area contributed by atoms with Gasteiger partial charge in [0.25, 0.3) is 0 Å². The van der Waals surface area contributed by atoms with Gasteiger partial charge in [-0.25, -0.2) is 0 Å². The highest BCUT2D eigenvalue weighted by atomic mass is 35.5. The number of hydrogen-bond acceptors (Lipinski definition) is 3. The monoisotopic (exact) mass is 544 g/mol. The molecule has 0 bridgehead atoms.